The van der Waals surface area contributed by atoms with Gasteiger partial charge in [-0.25, -0.2) is 14.2 Å². The van der Waals surface area contributed by atoms with Crippen molar-refractivity contribution in [3.05, 3.63) is 54.6 Å². The predicted molar refractivity (Wildman–Crippen MR) is 125 cm³/mol. The van der Waals surface area contributed by atoms with Crippen LogP contribution < -0.4 is 5.32 Å². The number of hydrogen-bond donors (Lipinski definition) is 3. The van der Waals surface area contributed by atoms with Gasteiger partial charge in [-0.1, -0.05) is 11.3 Å². The van der Waals surface area contributed by atoms with E-state index in [1.807, 2.05) is 36.5 Å². The summed E-state index contributed by atoms with van der Waals surface area (Å²) in [6, 6.07) is 9.56. The van der Waals surface area contributed by atoms with Gasteiger partial charge in [0.05, 0.1) is 49.4 Å². The third-order valence-corrected chi connectivity index (χ3v) is 5.98. The van der Waals surface area contributed by atoms with E-state index in [2.05, 4.69) is 30.8 Å². The number of fused-ring (bicyclic) bond motifs is 2. The molecule has 1 aromatic carbocycles. The largest absolute Gasteiger partial charge is 0.394 e. The van der Waals surface area contributed by atoms with Crippen molar-refractivity contribution in [1.82, 2.24) is 39.4 Å². The molecule has 12 nitrogen and oxygen atoms in total. The number of nitrogens with one attached hydrogen (secondary N) is 1. The van der Waals surface area contributed by atoms with Crippen molar-refractivity contribution in [2.75, 3.05) is 11.9 Å². The number of benzene rings is 1. The lowest BCUT2D eigenvalue weighted by Gasteiger charge is -2.06. The Labute approximate surface area is 198 Å². The molecule has 1 aliphatic carbocycles. The minimum absolute atomic E-state index is 0.00800. The number of anilines is 1. The van der Waals surface area contributed by atoms with Gasteiger partial charge in [0.1, 0.15) is 5.52 Å². The van der Waals surface area contributed by atoms with E-state index in [1.54, 1.807) is 26.3 Å². The summed E-state index contributed by atoms with van der Waals surface area (Å²) in [7, 11) is 0. The van der Waals surface area contributed by atoms with Crippen molar-refractivity contribution in [2.45, 2.75) is 32.0 Å². The highest BCUT2D eigenvalue weighted by Gasteiger charge is 2.30. The summed E-state index contributed by atoms with van der Waals surface area (Å²) in [5.74, 6) is 0.610. The van der Waals surface area contributed by atoms with Gasteiger partial charge >= 0.3 is 0 Å². The molecule has 1 fully saturated rings. The maximum atomic E-state index is 12.0. The van der Waals surface area contributed by atoms with Crippen LogP contribution in [-0.2, 0) is 17.9 Å². The Morgan fingerprint density at radius 2 is 2.06 bits per heavy atom. The maximum absolute atomic E-state index is 12.0. The van der Waals surface area contributed by atoms with Crippen LogP contribution in [0.4, 0.5) is 5.82 Å². The summed E-state index contributed by atoms with van der Waals surface area (Å²) in [4.78, 5) is 16.4. The van der Waals surface area contributed by atoms with E-state index in [0.717, 1.165) is 40.7 Å². The molecule has 3 N–H and O–H groups in total. The maximum Gasteiger partial charge on any atom is 0.228 e. The number of aliphatic hydroxyl groups is 2. The van der Waals surface area contributed by atoms with Crippen LogP contribution in [0.15, 0.2) is 48.9 Å². The molecule has 1 saturated carbocycles. The van der Waals surface area contributed by atoms with Crippen LogP contribution in [0.2, 0.25) is 0 Å². The molecule has 0 radical (unpaired) electrons. The van der Waals surface area contributed by atoms with Crippen LogP contribution in [0, 0.1) is 5.92 Å². The second-order valence-electron chi connectivity index (χ2n) is 8.76. The van der Waals surface area contributed by atoms with E-state index in [4.69, 9.17) is 5.11 Å². The summed E-state index contributed by atoms with van der Waals surface area (Å²) >= 11 is 0. The molecule has 1 aliphatic rings. The first-order valence-corrected chi connectivity index (χ1v) is 11.4. The Balaban J connectivity index is 1.24. The number of aliphatic hydroxyl groups excluding tert-OH is 2. The smallest absolute Gasteiger partial charge is 0.228 e. The molecule has 6 rings (SSSR count). The lowest BCUT2D eigenvalue weighted by molar-refractivity contribution is -0.117. The van der Waals surface area contributed by atoms with Gasteiger partial charge in [-0.05, 0) is 42.7 Å². The van der Waals surface area contributed by atoms with Crippen molar-refractivity contribution in [3.63, 3.8) is 0 Å². The molecule has 1 atom stereocenters. The van der Waals surface area contributed by atoms with Crippen molar-refractivity contribution in [1.29, 1.82) is 0 Å². The molecule has 0 unspecified atom stereocenters. The van der Waals surface area contributed by atoms with E-state index in [0.29, 0.717) is 18.0 Å². The van der Waals surface area contributed by atoms with Gasteiger partial charge in [0.25, 0.3) is 0 Å². The number of rotatable bonds is 8. The zero-order valence-electron chi connectivity index (χ0n) is 18.7. The summed E-state index contributed by atoms with van der Waals surface area (Å²) in [5, 5.41) is 39.0. The van der Waals surface area contributed by atoms with Gasteiger partial charge in [-0.3, -0.25) is 9.48 Å². The summed E-state index contributed by atoms with van der Waals surface area (Å²) in [5.41, 5.74) is 4.82. The van der Waals surface area contributed by atoms with Gasteiger partial charge in [-0.15, -0.1) is 5.10 Å². The van der Waals surface area contributed by atoms with E-state index >= 15 is 0 Å². The van der Waals surface area contributed by atoms with Gasteiger partial charge in [0.15, 0.2) is 11.5 Å². The number of carbonyl (C=O) groups is 1. The fourth-order valence-corrected chi connectivity index (χ4v) is 3.94. The van der Waals surface area contributed by atoms with E-state index < -0.39 is 6.10 Å². The minimum Gasteiger partial charge on any atom is -0.394 e. The van der Waals surface area contributed by atoms with Gasteiger partial charge in [0.2, 0.25) is 5.91 Å². The summed E-state index contributed by atoms with van der Waals surface area (Å²) < 4.78 is 5.03. The van der Waals surface area contributed by atoms with E-state index in [9.17, 15) is 9.90 Å². The normalized spacial score (nSPS) is 14.6. The molecule has 35 heavy (non-hydrogen) atoms. The Morgan fingerprint density at radius 3 is 2.89 bits per heavy atom. The fourth-order valence-electron chi connectivity index (χ4n) is 3.94. The average molecular weight is 473 g/mol. The van der Waals surface area contributed by atoms with Crippen LogP contribution in [0.1, 0.15) is 18.5 Å². The molecule has 0 saturated heterocycles. The van der Waals surface area contributed by atoms with Gasteiger partial charge < -0.3 is 15.5 Å². The number of hydrogen-bond acceptors (Lipinski definition) is 8. The van der Waals surface area contributed by atoms with Crippen LogP contribution in [-0.4, -0.2) is 68.2 Å². The summed E-state index contributed by atoms with van der Waals surface area (Å²) in [6.07, 6.45) is 6.26. The number of nitrogens with zero attached hydrogens (tertiary/aromatic N) is 8. The molecule has 1 amide bonds. The molecular formula is C23H23N9O3. The Hall–Kier alpha value is -4.16. The number of amides is 1. The minimum atomic E-state index is -0.859. The Kier molecular flexibility index (Phi) is 5.23. The SMILES string of the molecule is O=C(Nc1cn2nc(Cn3nnc4ccc(-c5cnn(C[C@H](O)CO)c5)cc43)ccc2n1)C1CC1. The molecule has 4 heterocycles. The van der Waals surface area contributed by atoms with E-state index in [1.165, 1.54) is 0 Å². The molecule has 0 spiro atoms. The molecular weight excluding hydrogens is 450 g/mol. The molecule has 12 heteroatoms. The third kappa shape index (κ3) is 4.36. The van der Waals surface area contributed by atoms with Crippen LogP contribution in [0.25, 0.3) is 27.8 Å². The highest BCUT2D eigenvalue weighted by molar-refractivity contribution is 5.93. The van der Waals surface area contributed by atoms with Crippen molar-refractivity contribution in [2.24, 2.45) is 5.92 Å². The van der Waals surface area contributed by atoms with Gasteiger partial charge in [-0.2, -0.15) is 10.2 Å². The molecule has 178 valence electrons. The van der Waals surface area contributed by atoms with Gasteiger partial charge in [0, 0.05) is 17.7 Å². The zero-order valence-corrected chi connectivity index (χ0v) is 18.7. The predicted octanol–water partition coefficient (Wildman–Crippen LogP) is 1.09. The van der Waals surface area contributed by atoms with Crippen molar-refractivity contribution in [3.8, 4) is 11.1 Å². The Morgan fingerprint density at radius 1 is 1.17 bits per heavy atom. The molecule has 0 aliphatic heterocycles. The average Bonchev–Trinajstić information content (AvgIpc) is 3.30. The van der Waals surface area contributed by atoms with Crippen LogP contribution in [0.3, 0.4) is 0 Å². The number of aromatic nitrogens is 8. The third-order valence-electron chi connectivity index (χ3n) is 5.98. The van der Waals surface area contributed by atoms with Crippen LogP contribution >= 0.6 is 0 Å². The monoisotopic (exact) mass is 473 g/mol. The second-order valence-corrected chi connectivity index (χ2v) is 8.76. The first-order valence-electron chi connectivity index (χ1n) is 11.4. The van der Waals surface area contributed by atoms with E-state index in [-0.39, 0.29) is 25.0 Å². The standard InChI is InChI=1S/C23H23N9O3/c33-13-18(34)11-30-9-16(8-24-30)15-3-5-19-20(7-15)31(29-27-19)10-17-4-6-22-25-21(12-32(22)28-17)26-23(35)14-1-2-14/h3-9,12,14,18,33-34H,1-2,10-11,13H2,(H,26,35)/t18-/m0/s1. The molecule has 0 bridgehead atoms. The zero-order chi connectivity index (χ0) is 23.9. The highest BCUT2D eigenvalue weighted by Crippen LogP contribution is 2.30. The fraction of sp³-hybridized carbons (Fsp3) is 0.304. The molecule has 4 aromatic heterocycles. The van der Waals surface area contributed by atoms with Crippen molar-refractivity contribution >= 4 is 28.4 Å². The first kappa shape index (κ1) is 21.4. The van der Waals surface area contributed by atoms with Crippen LogP contribution in [0.5, 0.6) is 0 Å². The topological polar surface area (TPSA) is 148 Å². The Bertz CT molecular complexity index is 1530. The highest BCUT2D eigenvalue weighted by atomic mass is 16.3. The van der Waals surface area contributed by atoms with Crippen molar-refractivity contribution < 1.29 is 15.0 Å². The first-order chi connectivity index (χ1) is 17.1. The quantitative estimate of drug-likeness (QED) is 0.303. The lowest BCUT2D eigenvalue weighted by Crippen LogP contribution is -2.19. The summed E-state index contributed by atoms with van der Waals surface area (Å²) in [6.45, 7) is 0.299. The lowest BCUT2D eigenvalue weighted by atomic mass is 10.1. The number of carbonyl (C=O) groups excluding carboxylic acids is 1. The number of imidazole rings is 1. The molecule has 5 aromatic rings. The second kappa shape index (κ2) is 8.56.